The molecule has 0 aromatic heterocycles. The number of amides is 1. The van der Waals surface area contributed by atoms with Crippen molar-refractivity contribution >= 4 is 17.7 Å². The van der Waals surface area contributed by atoms with E-state index in [0.29, 0.717) is 43.7 Å². The Labute approximate surface area is 163 Å². The summed E-state index contributed by atoms with van der Waals surface area (Å²) < 4.78 is 5.52. The van der Waals surface area contributed by atoms with Crippen molar-refractivity contribution in [2.75, 3.05) is 24.5 Å². The van der Waals surface area contributed by atoms with Crippen molar-refractivity contribution in [3.05, 3.63) is 29.8 Å². The third-order valence-electron chi connectivity index (χ3n) is 5.57. The van der Waals surface area contributed by atoms with Gasteiger partial charge >= 0.3 is 12.1 Å². The maximum atomic E-state index is 12.3. The number of hydrogen-bond acceptors (Lipinski definition) is 6. The Morgan fingerprint density at radius 2 is 2.11 bits per heavy atom. The summed E-state index contributed by atoms with van der Waals surface area (Å²) in [6, 6.07) is 8.87. The minimum absolute atomic E-state index is 0.0424. The van der Waals surface area contributed by atoms with Crippen LogP contribution in [-0.4, -0.2) is 64.6 Å². The van der Waals surface area contributed by atoms with E-state index in [4.69, 9.17) is 15.1 Å². The van der Waals surface area contributed by atoms with Crippen LogP contribution in [0.25, 0.3) is 0 Å². The number of carboxylic acids is 1. The lowest BCUT2D eigenvalue weighted by atomic mass is 9.83. The van der Waals surface area contributed by atoms with Crippen molar-refractivity contribution in [1.82, 2.24) is 4.90 Å². The fourth-order valence-electron chi connectivity index (χ4n) is 4.09. The molecular formula is C20H25N3O5. The second-order valence-electron chi connectivity index (χ2n) is 7.58. The number of nitrogens with zero attached hydrogens (tertiary/aromatic N) is 3. The van der Waals surface area contributed by atoms with Crippen LogP contribution in [0.3, 0.4) is 0 Å². The summed E-state index contributed by atoms with van der Waals surface area (Å²) in [4.78, 5) is 27.0. The van der Waals surface area contributed by atoms with Crippen LogP contribution in [0.2, 0.25) is 0 Å². The van der Waals surface area contributed by atoms with E-state index >= 15 is 0 Å². The number of nitriles is 1. The van der Waals surface area contributed by atoms with Gasteiger partial charge < -0.3 is 14.9 Å². The normalized spacial score (nSPS) is 28.0. The number of benzene rings is 1. The average Bonchev–Trinajstić information content (AvgIpc) is 3.03. The van der Waals surface area contributed by atoms with Gasteiger partial charge in [0.25, 0.3) is 0 Å². The van der Waals surface area contributed by atoms with Crippen molar-refractivity contribution in [1.29, 1.82) is 5.26 Å². The van der Waals surface area contributed by atoms with Gasteiger partial charge in [-0.15, -0.1) is 0 Å². The van der Waals surface area contributed by atoms with E-state index in [2.05, 4.69) is 11.0 Å². The largest absolute Gasteiger partial charge is 0.481 e. The number of carbonyl (C=O) groups excluding carboxylic acids is 1. The molecule has 1 aromatic carbocycles. The molecular weight excluding hydrogens is 362 g/mol. The number of rotatable bonds is 6. The van der Waals surface area contributed by atoms with Crippen molar-refractivity contribution < 1.29 is 24.5 Å². The van der Waals surface area contributed by atoms with Crippen LogP contribution < -0.4 is 4.90 Å². The van der Waals surface area contributed by atoms with Gasteiger partial charge in [-0.05, 0) is 43.5 Å². The van der Waals surface area contributed by atoms with Gasteiger partial charge in [0.05, 0.1) is 30.2 Å². The molecule has 0 saturated carbocycles. The first kappa shape index (κ1) is 20.1. The van der Waals surface area contributed by atoms with Gasteiger partial charge in [-0.2, -0.15) is 5.26 Å². The molecule has 8 heteroatoms. The number of aliphatic hydroxyl groups is 1. The molecule has 2 heterocycles. The van der Waals surface area contributed by atoms with E-state index in [1.807, 2.05) is 6.92 Å². The van der Waals surface area contributed by atoms with E-state index in [9.17, 15) is 14.7 Å². The summed E-state index contributed by atoms with van der Waals surface area (Å²) in [5.74, 6) is -0.992. The van der Waals surface area contributed by atoms with Gasteiger partial charge in [0.15, 0.2) is 0 Å². The summed E-state index contributed by atoms with van der Waals surface area (Å²) in [6.45, 7) is 3.53. The zero-order chi connectivity index (χ0) is 20.3. The summed E-state index contributed by atoms with van der Waals surface area (Å²) in [5.41, 5.74) is 0.0398. The Bertz CT molecular complexity index is 775. The Morgan fingerprint density at radius 3 is 2.71 bits per heavy atom. The molecule has 2 aliphatic rings. The average molecular weight is 387 g/mol. The minimum Gasteiger partial charge on any atom is -0.481 e. The van der Waals surface area contributed by atoms with Crippen LogP contribution in [0.1, 0.15) is 38.2 Å². The Morgan fingerprint density at radius 1 is 1.39 bits per heavy atom. The lowest BCUT2D eigenvalue weighted by molar-refractivity contribution is -0.146. The van der Waals surface area contributed by atoms with Crippen LogP contribution in [0, 0.1) is 11.3 Å². The zero-order valence-electron chi connectivity index (χ0n) is 15.9. The molecule has 28 heavy (non-hydrogen) atoms. The zero-order valence-corrected chi connectivity index (χ0v) is 15.9. The number of hydrogen-bond donors (Lipinski definition) is 2. The van der Waals surface area contributed by atoms with Crippen molar-refractivity contribution in [2.24, 2.45) is 0 Å². The van der Waals surface area contributed by atoms with Gasteiger partial charge in [0.1, 0.15) is 6.10 Å². The molecule has 0 radical (unpaired) electrons. The second-order valence-corrected chi connectivity index (χ2v) is 7.58. The Hall–Kier alpha value is -2.63. The maximum absolute atomic E-state index is 12.3. The number of aliphatic carboxylic acids is 1. The van der Waals surface area contributed by atoms with Gasteiger partial charge in [-0.3, -0.25) is 14.6 Å². The predicted molar refractivity (Wildman–Crippen MR) is 101 cm³/mol. The first-order valence-corrected chi connectivity index (χ1v) is 9.50. The number of anilines is 1. The third-order valence-corrected chi connectivity index (χ3v) is 5.57. The van der Waals surface area contributed by atoms with Crippen LogP contribution in [0.4, 0.5) is 10.5 Å². The summed E-state index contributed by atoms with van der Waals surface area (Å²) >= 11 is 0. The molecule has 0 aliphatic carbocycles. The Balaban J connectivity index is 1.62. The topological polar surface area (TPSA) is 114 Å². The van der Waals surface area contributed by atoms with E-state index in [1.54, 1.807) is 29.2 Å². The summed E-state index contributed by atoms with van der Waals surface area (Å²) in [6.07, 6.45) is 0.598. The van der Waals surface area contributed by atoms with E-state index in [-0.39, 0.29) is 18.6 Å². The SMILES string of the molecule is CCC1CC(O)(CC(=O)O)CCN1CC1CN(c2ccc(C#N)cc2)C(=O)O1. The number of carboxylic acid groups (broad SMARTS) is 1. The van der Waals surface area contributed by atoms with Crippen LogP contribution in [0.15, 0.2) is 24.3 Å². The van der Waals surface area contributed by atoms with Crippen LogP contribution in [-0.2, 0) is 9.53 Å². The fraction of sp³-hybridized carbons (Fsp3) is 0.550. The number of ether oxygens (including phenoxy) is 1. The smallest absolute Gasteiger partial charge is 0.414 e. The quantitative estimate of drug-likeness (QED) is 0.767. The Kier molecular flexibility index (Phi) is 5.87. The van der Waals surface area contributed by atoms with Gasteiger partial charge in [0, 0.05) is 24.8 Å². The van der Waals surface area contributed by atoms with Gasteiger partial charge in [-0.1, -0.05) is 6.92 Å². The molecule has 2 saturated heterocycles. The molecule has 0 bridgehead atoms. The maximum Gasteiger partial charge on any atom is 0.414 e. The summed E-state index contributed by atoms with van der Waals surface area (Å²) in [5, 5.41) is 28.5. The predicted octanol–water partition coefficient (Wildman–Crippen LogP) is 1.96. The third kappa shape index (κ3) is 4.43. The first-order valence-electron chi connectivity index (χ1n) is 9.50. The first-order chi connectivity index (χ1) is 13.3. The molecule has 2 N–H and O–H groups in total. The fourth-order valence-corrected chi connectivity index (χ4v) is 4.09. The highest BCUT2D eigenvalue weighted by atomic mass is 16.6. The van der Waals surface area contributed by atoms with E-state index in [1.165, 1.54) is 0 Å². The number of likely N-dealkylation sites (tertiary alicyclic amines) is 1. The van der Waals surface area contributed by atoms with Crippen LogP contribution in [0.5, 0.6) is 0 Å². The van der Waals surface area contributed by atoms with E-state index < -0.39 is 17.7 Å². The molecule has 0 spiro atoms. The molecule has 1 aromatic rings. The van der Waals surface area contributed by atoms with E-state index in [0.717, 1.165) is 6.42 Å². The number of carbonyl (C=O) groups is 2. The summed E-state index contributed by atoms with van der Waals surface area (Å²) in [7, 11) is 0. The molecule has 1 amide bonds. The molecule has 3 atom stereocenters. The number of piperidine rings is 1. The minimum atomic E-state index is -1.18. The second kappa shape index (κ2) is 8.17. The molecule has 2 fully saturated rings. The molecule has 2 aliphatic heterocycles. The highest BCUT2D eigenvalue weighted by molar-refractivity contribution is 5.89. The lowest BCUT2D eigenvalue weighted by Gasteiger charge is -2.43. The highest BCUT2D eigenvalue weighted by Gasteiger charge is 2.41. The molecule has 8 nitrogen and oxygen atoms in total. The lowest BCUT2D eigenvalue weighted by Crippen LogP contribution is -2.53. The van der Waals surface area contributed by atoms with Crippen molar-refractivity contribution in [3.63, 3.8) is 0 Å². The molecule has 3 unspecified atom stereocenters. The van der Waals surface area contributed by atoms with Crippen molar-refractivity contribution in [3.8, 4) is 6.07 Å². The molecule has 150 valence electrons. The van der Waals surface area contributed by atoms with Crippen LogP contribution >= 0.6 is 0 Å². The highest BCUT2D eigenvalue weighted by Crippen LogP contribution is 2.32. The van der Waals surface area contributed by atoms with Crippen molar-refractivity contribution in [2.45, 2.75) is 50.4 Å². The molecule has 3 rings (SSSR count). The standard InChI is InChI=1S/C20H25N3O5/c1-2-15-9-20(27,10-18(24)25)7-8-22(15)12-17-13-23(19(26)28-17)16-5-3-14(11-21)4-6-16/h3-6,15,17,27H,2,7-10,12-13H2,1H3,(H,24,25). The van der Waals surface area contributed by atoms with Gasteiger partial charge in [-0.25, -0.2) is 4.79 Å². The monoisotopic (exact) mass is 387 g/mol. The van der Waals surface area contributed by atoms with Gasteiger partial charge in [0.2, 0.25) is 0 Å². The number of cyclic esters (lactones) is 1.